The SMILES string of the molecule is CN1CCN(C(=O)C[C@H]2CN(C(=O)Cc3ccccc3)CC[C@@H]2Oc2ccccc2)CC1. The van der Waals surface area contributed by atoms with Gasteiger partial charge in [-0.05, 0) is 24.7 Å². The van der Waals surface area contributed by atoms with Gasteiger partial charge in [0.15, 0.2) is 0 Å². The van der Waals surface area contributed by atoms with Gasteiger partial charge < -0.3 is 19.4 Å². The van der Waals surface area contributed by atoms with Crippen molar-refractivity contribution < 1.29 is 14.3 Å². The van der Waals surface area contributed by atoms with Gasteiger partial charge in [0.05, 0.1) is 6.42 Å². The number of amides is 2. The van der Waals surface area contributed by atoms with E-state index in [0.29, 0.717) is 25.9 Å². The predicted molar refractivity (Wildman–Crippen MR) is 124 cm³/mol. The van der Waals surface area contributed by atoms with Crippen LogP contribution in [0.3, 0.4) is 0 Å². The van der Waals surface area contributed by atoms with E-state index < -0.39 is 0 Å². The minimum atomic E-state index is -0.0745. The number of likely N-dealkylation sites (tertiary alicyclic amines) is 1. The summed E-state index contributed by atoms with van der Waals surface area (Å²) in [4.78, 5) is 32.2. The number of carbonyl (C=O) groups excluding carboxylic acids is 2. The first-order chi connectivity index (χ1) is 15.6. The van der Waals surface area contributed by atoms with E-state index in [0.717, 1.165) is 43.9 Å². The van der Waals surface area contributed by atoms with Crippen LogP contribution < -0.4 is 4.74 Å². The summed E-state index contributed by atoms with van der Waals surface area (Å²) in [6.07, 6.45) is 1.46. The Labute approximate surface area is 190 Å². The van der Waals surface area contributed by atoms with Gasteiger partial charge in [-0.2, -0.15) is 0 Å². The second-order valence-electron chi connectivity index (χ2n) is 8.91. The fourth-order valence-electron chi connectivity index (χ4n) is 4.55. The van der Waals surface area contributed by atoms with Crippen molar-refractivity contribution in [2.75, 3.05) is 46.3 Å². The summed E-state index contributed by atoms with van der Waals surface area (Å²) in [5.74, 6) is 1.09. The molecule has 0 aliphatic carbocycles. The molecule has 0 N–H and O–H groups in total. The number of piperazine rings is 1. The first kappa shape index (κ1) is 22.3. The lowest BCUT2D eigenvalue weighted by Crippen LogP contribution is -2.51. The van der Waals surface area contributed by atoms with Crippen molar-refractivity contribution in [2.24, 2.45) is 5.92 Å². The first-order valence-corrected chi connectivity index (χ1v) is 11.6. The molecule has 2 amide bonds. The third kappa shape index (κ3) is 5.88. The molecule has 2 fully saturated rings. The topological polar surface area (TPSA) is 53.1 Å². The summed E-state index contributed by atoms with van der Waals surface area (Å²) >= 11 is 0. The Morgan fingerprint density at radius 2 is 1.50 bits per heavy atom. The Morgan fingerprint density at radius 1 is 0.844 bits per heavy atom. The second kappa shape index (κ2) is 10.6. The number of para-hydroxylation sites is 1. The molecule has 2 aliphatic heterocycles. The number of benzene rings is 2. The molecule has 2 saturated heterocycles. The zero-order valence-corrected chi connectivity index (χ0v) is 18.9. The van der Waals surface area contributed by atoms with Crippen LogP contribution in [0.2, 0.25) is 0 Å². The molecule has 2 aromatic rings. The molecule has 32 heavy (non-hydrogen) atoms. The van der Waals surface area contributed by atoms with Gasteiger partial charge in [-0.25, -0.2) is 0 Å². The molecule has 0 aromatic heterocycles. The Morgan fingerprint density at radius 3 is 2.19 bits per heavy atom. The monoisotopic (exact) mass is 435 g/mol. The molecule has 2 atom stereocenters. The van der Waals surface area contributed by atoms with Gasteiger partial charge in [0, 0.05) is 58.0 Å². The van der Waals surface area contributed by atoms with Gasteiger partial charge >= 0.3 is 0 Å². The number of hydrogen-bond donors (Lipinski definition) is 0. The number of piperidine rings is 1. The average molecular weight is 436 g/mol. The standard InChI is InChI=1S/C26H33N3O3/c1-27-14-16-28(17-15-27)26(31)19-22-20-29(25(30)18-21-8-4-2-5-9-21)13-12-24(22)32-23-10-6-3-7-11-23/h2-11,22,24H,12-20H2,1H3/t22-,24-/m0/s1. The molecule has 2 aliphatic rings. The molecule has 0 spiro atoms. The molecule has 2 aromatic carbocycles. The number of ether oxygens (including phenoxy) is 1. The third-order valence-electron chi connectivity index (χ3n) is 6.54. The fraction of sp³-hybridized carbons (Fsp3) is 0.462. The lowest BCUT2D eigenvalue weighted by atomic mass is 9.90. The maximum absolute atomic E-state index is 13.1. The van der Waals surface area contributed by atoms with E-state index in [9.17, 15) is 9.59 Å². The highest BCUT2D eigenvalue weighted by Crippen LogP contribution is 2.27. The van der Waals surface area contributed by atoms with Crippen LogP contribution >= 0.6 is 0 Å². The minimum Gasteiger partial charge on any atom is -0.490 e. The third-order valence-corrected chi connectivity index (χ3v) is 6.54. The Balaban J connectivity index is 1.43. The number of nitrogens with zero attached hydrogens (tertiary/aromatic N) is 3. The van der Waals surface area contributed by atoms with Gasteiger partial charge in [0.1, 0.15) is 11.9 Å². The van der Waals surface area contributed by atoms with Crippen molar-refractivity contribution in [3.05, 3.63) is 66.2 Å². The quantitative estimate of drug-likeness (QED) is 0.700. The maximum atomic E-state index is 13.1. The van der Waals surface area contributed by atoms with Crippen LogP contribution in [0.5, 0.6) is 5.75 Å². The van der Waals surface area contributed by atoms with Crippen LogP contribution in [0, 0.1) is 5.92 Å². The van der Waals surface area contributed by atoms with E-state index in [1.165, 1.54) is 0 Å². The molecule has 0 radical (unpaired) electrons. The van der Waals surface area contributed by atoms with E-state index >= 15 is 0 Å². The van der Waals surface area contributed by atoms with E-state index in [1.54, 1.807) is 0 Å². The number of hydrogen-bond acceptors (Lipinski definition) is 4. The highest BCUT2D eigenvalue weighted by atomic mass is 16.5. The van der Waals surface area contributed by atoms with Gasteiger partial charge in [-0.1, -0.05) is 48.5 Å². The Kier molecular flexibility index (Phi) is 7.43. The smallest absolute Gasteiger partial charge is 0.227 e. The predicted octanol–water partition coefficient (Wildman–Crippen LogP) is 2.69. The summed E-state index contributed by atoms with van der Waals surface area (Å²) in [5.41, 5.74) is 1.02. The van der Waals surface area contributed by atoms with Crippen molar-refractivity contribution in [2.45, 2.75) is 25.4 Å². The highest BCUT2D eigenvalue weighted by Gasteiger charge is 2.35. The van der Waals surface area contributed by atoms with E-state index in [-0.39, 0.29) is 23.8 Å². The van der Waals surface area contributed by atoms with Crippen LogP contribution in [0.1, 0.15) is 18.4 Å². The van der Waals surface area contributed by atoms with E-state index in [4.69, 9.17) is 4.74 Å². The zero-order chi connectivity index (χ0) is 22.3. The molecule has 0 bridgehead atoms. The number of likely N-dealkylation sites (N-methyl/N-ethyl adjacent to an activating group) is 1. The number of rotatable bonds is 6. The lowest BCUT2D eigenvalue weighted by molar-refractivity contribution is -0.139. The van der Waals surface area contributed by atoms with E-state index in [2.05, 4.69) is 11.9 Å². The highest BCUT2D eigenvalue weighted by molar-refractivity contribution is 5.79. The summed E-state index contributed by atoms with van der Waals surface area (Å²) in [6, 6.07) is 19.6. The van der Waals surface area contributed by atoms with Gasteiger partial charge in [0.25, 0.3) is 0 Å². The lowest BCUT2D eigenvalue weighted by Gasteiger charge is -2.40. The summed E-state index contributed by atoms with van der Waals surface area (Å²) in [7, 11) is 2.09. The molecule has 0 saturated carbocycles. The summed E-state index contributed by atoms with van der Waals surface area (Å²) < 4.78 is 6.30. The van der Waals surface area contributed by atoms with Gasteiger partial charge in [-0.3, -0.25) is 9.59 Å². The van der Waals surface area contributed by atoms with Crippen molar-refractivity contribution in [1.82, 2.24) is 14.7 Å². The molecule has 2 heterocycles. The molecule has 6 heteroatoms. The maximum Gasteiger partial charge on any atom is 0.227 e. The van der Waals surface area contributed by atoms with Crippen molar-refractivity contribution in [1.29, 1.82) is 0 Å². The summed E-state index contributed by atoms with van der Waals surface area (Å²) in [6.45, 7) is 4.56. The largest absolute Gasteiger partial charge is 0.490 e. The van der Waals surface area contributed by atoms with Crippen LogP contribution in [0.4, 0.5) is 0 Å². The molecule has 170 valence electrons. The van der Waals surface area contributed by atoms with Crippen LogP contribution in [-0.2, 0) is 16.0 Å². The van der Waals surface area contributed by atoms with Gasteiger partial charge in [0.2, 0.25) is 11.8 Å². The average Bonchev–Trinajstić information content (AvgIpc) is 2.82. The second-order valence-corrected chi connectivity index (χ2v) is 8.91. The normalized spacial score (nSPS) is 21.9. The van der Waals surface area contributed by atoms with Gasteiger partial charge in [-0.15, -0.1) is 0 Å². The minimum absolute atomic E-state index is 0.0177. The molecule has 4 rings (SSSR count). The Bertz CT molecular complexity index is 882. The van der Waals surface area contributed by atoms with E-state index in [1.807, 2.05) is 70.5 Å². The molecular formula is C26H33N3O3. The molecular weight excluding hydrogens is 402 g/mol. The fourth-order valence-corrected chi connectivity index (χ4v) is 4.55. The van der Waals surface area contributed by atoms with Crippen molar-refractivity contribution in [3.63, 3.8) is 0 Å². The van der Waals surface area contributed by atoms with Crippen LogP contribution in [-0.4, -0.2) is 78.9 Å². The van der Waals surface area contributed by atoms with Crippen molar-refractivity contribution in [3.8, 4) is 5.75 Å². The summed E-state index contributed by atoms with van der Waals surface area (Å²) in [5, 5.41) is 0. The molecule has 6 nitrogen and oxygen atoms in total. The van der Waals surface area contributed by atoms with Crippen LogP contribution in [0.15, 0.2) is 60.7 Å². The molecule has 0 unspecified atom stereocenters. The zero-order valence-electron chi connectivity index (χ0n) is 18.9. The van der Waals surface area contributed by atoms with Crippen LogP contribution in [0.25, 0.3) is 0 Å². The number of carbonyl (C=O) groups is 2. The van der Waals surface area contributed by atoms with Crippen molar-refractivity contribution >= 4 is 11.8 Å². The Hall–Kier alpha value is -2.86. The first-order valence-electron chi connectivity index (χ1n) is 11.6.